The Morgan fingerprint density at radius 2 is 1.97 bits per heavy atom. The quantitative estimate of drug-likeness (QED) is 0.484. The first kappa shape index (κ1) is 19.0. The molecule has 8 atom stereocenters. The summed E-state index contributed by atoms with van der Waals surface area (Å²) in [4.78, 5) is 37.4. The van der Waals surface area contributed by atoms with E-state index in [4.69, 9.17) is 14.2 Å². The predicted molar refractivity (Wildman–Crippen MR) is 105 cm³/mol. The molecule has 0 aromatic heterocycles. The first-order valence-electron chi connectivity index (χ1n) is 11.4. The number of ketones is 1. The van der Waals surface area contributed by atoms with Crippen molar-refractivity contribution < 1.29 is 28.6 Å². The molecule has 0 amide bonds. The number of fused-ring (bicyclic) bond motifs is 4. The monoisotopic (exact) mass is 414 g/mol. The highest BCUT2D eigenvalue weighted by Gasteiger charge is 2.83. The van der Waals surface area contributed by atoms with Gasteiger partial charge < -0.3 is 14.2 Å². The van der Waals surface area contributed by atoms with Crippen LogP contribution in [0.15, 0.2) is 11.6 Å². The summed E-state index contributed by atoms with van der Waals surface area (Å²) in [6, 6.07) is 0. The summed E-state index contributed by atoms with van der Waals surface area (Å²) in [5.41, 5.74) is -0.175. The second kappa shape index (κ2) is 5.56. The molecule has 6 heteroatoms. The molecule has 6 rings (SSSR count). The van der Waals surface area contributed by atoms with Crippen LogP contribution in [0.2, 0.25) is 0 Å². The molecule has 3 saturated carbocycles. The van der Waals surface area contributed by atoms with Crippen LogP contribution in [0.1, 0.15) is 65.2 Å². The van der Waals surface area contributed by atoms with E-state index < -0.39 is 11.2 Å². The van der Waals surface area contributed by atoms with Crippen LogP contribution in [-0.2, 0) is 28.6 Å². The molecule has 6 aliphatic rings. The van der Waals surface area contributed by atoms with Crippen LogP contribution in [-0.4, -0.2) is 42.1 Å². The molecular formula is C24H30O6. The van der Waals surface area contributed by atoms with Crippen LogP contribution in [0.25, 0.3) is 0 Å². The Bertz CT molecular complexity index is 907. The molecule has 0 aromatic rings. The first-order chi connectivity index (χ1) is 14.2. The minimum atomic E-state index is -0.424. The van der Waals surface area contributed by atoms with Gasteiger partial charge in [-0.3, -0.25) is 14.4 Å². The van der Waals surface area contributed by atoms with Crippen molar-refractivity contribution in [3.05, 3.63) is 11.6 Å². The summed E-state index contributed by atoms with van der Waals surface area (Å²) in [7, 11) is 1.45. The molecule has 0 N–H and O–H groups in total. The molecule has 2 spiro atoms. The van der Waals surface area contributed by atoms with E-state index in [9.17, 15) is 14.4 Å². The van der Waals surface area contributed by atoms with Crippen LogP contribution >= 0.6 is 0 Å². The molecule has 4 aliphatic carbocycles. The second-order valence-electron chi connectivity index (χ2n) is 11.0. The minimum absolute atomic E-state index is 0.0303. The zero-order valence-electron chi connectivity index (χ0n) is 18.0. The summed E-state index contributed by atoms with van der Waals surface area (Å²) in [6.45, 7) is 4.51. The highest BCUT2D eigenvalue weighted by Crippen LogP contribution is 2.78. The van der Waals surface area contributed by atoms with Crippen molar-refractivity contribution in [2.75, 3.05) is 7.11 Å². The first-order valence-corrected chi connectivity index (χ1v) is 11.4. The lowest BCUT2D eigenvalue weighted by Gasteiger charge is -2.58. The van der Waals surface area contributed by atoms with Gasteiger partial charge in [0, 0.05) is 29.6 Å². The van der Waals surface area contributed by atoms with Crippen molar-refractivity contribution >= 4 is 17.7 Å². The smallest absolute Gasteiger partial charge is 0.309 e. The Morgan fingerprint density at radius 1 is 1.17 bits per heavy atom. The normalized spacial score (nSPS) is 53.2. The lowest BCUT2D eigenvalue weighted by atomic mass is 9.43. The van der Waals surface area contributed by atoms with E-state index in [1.807, 2.05) is 0 Å². The molecule has 2 heterocycles. The Kier molecular flexibility index (Phi) is 3.53. The van der Waals surface area contributed by atoms with Crippen molar-refractivity contribution in [1.82, 2.24) is 0 Å². The van der Waals surface area contributed by atoms with Crippen molar-refractivity contribution in [3.63, 3.8) is 0 Å². The number of esters is 2. The van der Waals surface area contributed by atoms with Gasteiger partial charge in [0.25, 0.3) is 0 Å². The fraction of sp³-hybridized carbons (Fsp3) is 0.792. The van der Waals surface area contributed by atoms with Gasteiger partial charge in [-0.1, -0.05) is 19.4 Å². The molecule has 2 aliphatic heterocycles. The summed E-state index contributed by atoms with van der Waals surface area (Å²) in [6.07, 6.45) is 7.61. The number of rotatable bonds is 1. The lowest BCUT2D eigenvalue weighted by Crippen LogP contribution is -2.63. The van der Waals surface area contributed by atoms with E-state index in [1.54, 1.807) is 6.08 Å². The van der Waals surface area contributed by atoms with Gasteiger partial charge in [-0.15, -0.1) is 0 Å². The number of ether oxygens (including phenoxy) is 3. The molecule has 1 unspecified atom stereocenters. The molecule has 5 fully saturated rings. The van der Waals surface area contributed by atoms with Crippen molar-refractivity contribution in [3.8, 4) is 0 Å². The molecule has 2 saturated heterocycles. The van der Waals surface area contributed by atoms with E-state index in [0.717, 1.165) is 37.7 Å². The number of methoxy groups -OCH3 is 1. The maximum atomic E-state index is 13.0. The molecule has 0 aromatic carbocycles. The van der Waals surface area contributed by atoms with E-state index in [2.05, 4.69) is 13.8 Å². The van der Waals surface area contributed by atoms with Crippen molar-refractivity contribution in [2.24, 2.45) is 28.6 Å². The SMILES string of the molecule is COC(=O)[C@H]1CC2=CC(=O)CC[C@]2(C)C23O[C@@H]2C[C@@]2(C)[C@H](CC[C@@]24CCC(=O)O4)[C@H]13. The van der Waals surface area contributed by atoms with E-state index in [1.165, 1.54) is 7.11 Å². The predicted octanol–water partition coefficient (Wildman–Crippen LogP) is 3.12. The highest BCUT2D eigenvalue weighted by atomic mass is 16.6. The Balaban J connectivity index is 1.49. The third kappa shape index (κ3) is 1.94. The van der Waals surface area contributed by atoms with Gasteiger partial charge in [-0.25, -0.2) is 0 Å². The van der Waals surface area contributed by atoms with Gasteiger partial charge in [0.2, 0.25) is 0 Å². The summed E-state index contributed by atoms with van der Waals surface area (Å²) in [5.74, 6) is -0.201. The van der Waals surface area contributed by atoms with Gasteiger partial charge in [-0.2, -0.15) is 0 Å². The van der Waals surface area contributed by atoms with E-state index in [-0.39, 0.29) is 52.4 Å². The third-order valence-electron chi connectivity index (χ3n) is 10.2. The van der Waals surface area contributed by atoms with Gasteiger partial charge in [-0.05, 0) is 50.5 Å². The van der Waals surface area contributed by atoms with E-state index in [0.29, 0.717) is 19.3 Å². The molecule has 6 nitrogen and oxygen atoms in total. The molecular weight excluding hydrogens is 384 g/mol. The minimum Gasteiger partial charge on any atom is -0.469 e. The summed E-state index contributed by atoms with van der Waals surface area (Å²) in [5, 5.41) is 0. The van der Waals surface area contributed by atoms with Crippen LogP contribution in [0.4, 0.5) is 0 Å². The van der Waals surface area contributed by atoms with Crippen LogP contribution in [0.5, 0.6) is 0 Å². The maximum Gasteiger partial charge on any atom is 0.309 e. The summed E-state index contributed by atoms with van der Waals surface area (Å²) < 4.78 is 17.9. The Hall–Kier alpha value is -1.69. The number of carbonyl (C=O) groups is 3. The fourth-order valence-electron chi connectivity index (χ4n) is 8.69. The van der Waals surface area contributed by atoms with Crippen LogP contribution < -0.4 is 0 Å². The average Bonchev–Trinajstić information content (AvgIpc) is 3.20. The molecule has 162 valence electrons. The van der Waals surface area contributed by atoms with Crippen LogP contribution in [0.3, 0.4) is 0 Å². The number of hydrogen-bond donors (Lipinski definition) is 0. The highest BCUT2D eigenvalue weighted by molar-refractivity contribution is 5.92. The number of hydrogen-bond acceptors (Lipinski definition) is 6. The van der Waals surface area contributed by atoms with Gasteiger partial charge >= 0.3 is 11.9 Å². The fourth-order valence-corrected chi connectivity index (χ4v) is 8.69. The van der Waals surface area contributed by atoms with Gasteiger partial charge in [0.05, 0.1) is 19.1 Å². The second-order valence-corrected chi connectivity index (χ2v) is 11.0. The summed E-state index contributed by atoms with van der Waals surface area (Å²) >= 11 is 0. The number of epoxide rings is 1. The van der Waals surface area contributed by atoms with Gasteiger partial charge in [0.1, 0.15) is 11.2 Å². The van der Waals surface area contributed by atoms with Crippen LogP contribution in [0, 0.1) is 28.6 Å². The zero-order valence-corrected chi connectivity index (χ0v) is 18.0. The third-order valence-corrected chi connectivity index (χ3v) is 10.2. The Morgan fingerprint density at radius 3 is 2.67 bits per heavy atom. The maximum absolute atomic E-state index is 13.0. The largest absolute Gasteiger partial charge is 0.469 e. The Labute approximate surface area is 176 Å². The van der Waals surface area contributed by atoms with Crippen molar-refractivity contribution in [2.45, 2.75) is 82.5 Å². The molecule has 30 heavy (non-hydrogen) atoms. The average molecular weight is 414 g/mol. The van der Waals surface area contributed by atoms with Gasteiger partial charge in [0.15, 0.2) is 5.78 Å². The zero-order chi connectivity index (χ0) is 21.1. The van der Waals surface area contributed by atoms with E-state index >= 15 is 0 Å². The van der Waals surface area contributed by atoms with Crippen molar-refractivity contribution in [1.29, 1.82) is 0 Å². The topological polar surface area (TPSA) is 82.2 Å². The lowest BCUT2D eigenvalue weighted by molar-refractivity contribution is -0.172. The number of carbonyl (C=O) groups excluding carboxylic acids is 3. The molecule has 0 radical (unpaired) electrons. The standard InChI is InChI=1S/C24H30O6/c1-21-7-4-14(25)10-13(21)11-15(20(27)28-3)19-16-5-8-23(9-6-18(26)30-23)22(16,2)12-17-24(19,21)29-17/h10,15-17,19H,4-9,11-12H2,1-3H3/t15-,16+,17+,19-,21-,22-,23+,24?/m0/s1. The molecule has 0 bridgehead atoms.